The predicted molar refractivity (Wildman–Crippen MR) is 83.7 cm³/mol. The van der Waals surface area contributed by atoms with Crippen molar-refractivity contribution in [2.24, 2.45) is 0 Å². The van der Waals surface area contributed by atoms with Gasteiger partial charge in [-0.2, -0.15) is 0 Å². The first-order valence-corrected chi connectivity index (χ1v) is 7.71. The van der Waals surface area contributed by atoms with Gasteiger partial charge in [-0.05, 0) is 33.6 Å². The van der Waals surface area contributed by atoms with E-state index in [2.05, 4.69) is 10.1 Å². The van der Waals surface area contributed by atoms with Crippen LogP contribution in [-0.4, -0.2) is 54.3 Å². The zero-order valence-corrected chi connectivity index (χ0v) is 14.8. The van der Waals surface area contributed by atoms with E-state index in [1.165, 1.54) is 6.92 Å². The Bertz CT molecular complexity index is 470. The molecule has 10 heteroatoms. The maximum Gasteiger partial charge on any atom is 0.511 e. The normalized spacial score (nSPS) is 11.8. The van der Waals surface area contributed by atoms with Crippen molar-refractivity contribution in [3.63, 3.8) is 0 Å². The molecule has 1 atom stereocenters. The van der Waals surface area contributed by atoms with Crippen molar-refractivity contribution in [3.8, 4) is 0 Å². The highest BCUT2D eigenvalue weighted by Crippen LogP contribution is 2.06. The van der Waals surface area contributed by atoms with E-state index in [4.69, 9.17) is 19.3 Å². The first kappa shape index (κ1) is 22.5. The molecule has 10 nitrogen and oxygen atoms in total. The van der Waals surface area contributed by atoms with Crippen LogP contribution in [0, 0.1) is 0 Å². The average Bonchev–Trinajstić information content (AvgIpc) is 2.42. The van der Waals surface area contributed by atoms with Gasteiger partial charge in [0.2, 0.25) is 6.29 Å². The van der Waals surface area contributed by atoms with Gasteiger partial charge in [-0.3, -0.25) is 9.59 Å². The molecule has 25 heavy (non-hydrogen) atoms. The number of esters is 1. The molecule has 2 N–H and O–H groups in total. The molecule has 0 spiro atoms. The van der Waals surface area contributed by atoms with Gasteiger partial charge in [0.1, 0.15) is 12.1 Å². The number of carboxylic acids is 1. The first-order valence-electron chi connectivity index (χ1n) is 7.71. The Morgan fingerprint density at radius 1 is 1.08 bits per heavy atom. The van der Waals surface area contributed by atoms with Crippen LogP contribution >= 0.6 is 0 Å². The maximum atomic E-state index is 11.5. The molecule has 0 rings (SSSR count). The molecular formula is C15H25NO9. The van der Waals surface area contributed by atoms with Crippen LogP contribution in [0.3, 0.4) is 0 Å². The third kappa shape index (κ3) is 14.8. The summed E-state index contributed by atoms with van der Waals surface area (Å²) in [6, 6.07) is 0. The van der Waals surface area contributed by atoms with Gasteiger partial charge in [-0.15, -0.1) is 0 Å². The van der Waals surface area contributed by atoms with Crippen LogP contribution in [0.2, 0.25) is 0 Å². The Morgan fingerprint density at radius 2 is 1.72 bits per heavy atom. The molecule has 0 saturated heterocycles. The number of unbranched alkanes of at least 4 members (excludes halogenated alkanes) is 1. The minimum atomic E-state index is -1.21. The Kier molecular flexibility index (Phi) is 9.99. The Morgan fingerprint density at radius 3 is 2.28 bits per heavy atom. The molecule has 0 bridgehead atoms. The second-order valence-corrected chi connectivity index (χ2v) is 5.98. The van der Waals surface area contributed by atoms with Crippen LogP contribution in [-0.2, 0) is 28.5 Å². The van der Waals surface area contributed by atoms with Crippen LogP contribution in [0.25, 0.3) is 0 Å². The molecule has 0 aromatic rings. The van der Waals surface area contributed by atoms with E-state index in [9.17, 15) is 19.2 Å². The summed E-state index contributed by atoms with van der Waals surface area (Å²) >= 11 is 0. The van der Waals surface area contributed by atoms with Crippen molar-refractivity contribution < 1.29 is 43.2 Å². The van der Waals surface area contributed by atoms with Gasteiger partial charge in [0, 0.05) is 13.3 Å². The summed E-state index contributed by atoms with van der Waals surface area (Å²) in [4.78, 5) is 44.5. The molecule has 144 valence electrons. The van der Waals surface area contributed by atoms with Crippen molar-refractivity contribution in [2.45, 2.75) is 58.8 Å². The summed E-state index contributed by atoms with van der Waals surface area (Å²) in [5.74, 6) is -1.75. The summed E-state index contributed by atoms with van der Waals surface area (Å²) in [6.45, 7) is 5.87. The van der Waals surface area contributed by atoms with Crippen molar-refractivity contribution in [1.29, 1.82) is 0 Å². The molecule has 0 aromatic heterocycles. The summed E-state index contributed by atoms with van der Waals surface area (Å²) in [7, 11) is 0. The number of aliphatic carboxylic acids is 1. The third-order valence-corrected chi connectivity index (χ3v) is 2.34. The van der Waals surface area contributed by atoms with Gasteiger partial charge in [-0.25, -0.2) is 9.59 Å². The van der Waals surface area contributed by atoms with Gasteiger partial charge in [-0.1, -0.05) is 0 Å². The fourth-order valence-corrected chi connectivity index (χ4v) is 1.41. The molecule has 0 aliphatic heterocycles. The maximum absolute atomic E-state index is 11.5. The molecule has 0 aromatic carbocycles. The van der Waals surface area contributed by atoms with Crippen LogP contribution in [0.15, 0.2) is 0 Å². The Labute approximate surface area is 145 Å². The van der Waals surface area contributed by atoms with Crippen molar-refractivity contribution in [1.82, 2.24) is 5.32 Å². The lowest BCUT2D eigenvalue weighted by Crippen LogP contribution is -2.37. The van der Waals surface area contributed by atoms with Crippen molar-refractivity contribution >= 4 is 24.2 Å². The van der Waals surface area contributed by atoms with Gasteiger partial charge >= 0.3 is 24.2 Å². The number of carboxylic acid groups (broad SMARTS) is 1. The van der Waals surface area contributed by atoms with E-state index in [1.807, 2.05) is 0 Å². The number of carbonyl (C=O) groups excluding carboxylic acids is 3. The number of alkyl carbamates (subject to hydrolysis) is 1. The van der Waals surface area contributed by atoms with Crippen LogP contribution < -0.4 is 5.32 Å². The standard InChI is InChI=1S/C15H25NO9/c1-10(24-14(21)22-8-6-5-7-11(17)18)23-12(19)9-16-13(20)25-15(2,3)4/h10H,5-9H2,1-4H3,(H,16,20)(H,17,18). The van der Waals surface area contributed by atoms with E-state index in [1.54, 1.807) is 20.8 Å². The third-order valence-electron chi connectivity index (χ3n) is 2.34. The highest BCUT2D eigenvalue weighted by atomic mass is 16.8. The Hall–Kier alpha value is -2.52. The van der Waals surface area contributed by atoms with Crippen molar-refractivity contribution in [3.05, 3.63) is 0 Å². The molecule has 0 aliphatic carbocycles. The topological polar surface area (TPSA) is 137 Å². The fourth-order valence-electron chi connectivity index (χ4n) is 1.41. The van der Waals surface area contributed by atoms with Gasteiger partial charge in [0.25, 0.3) is 0 Å². The molecule has 0 radical (unpaired) electrons. The summed E-state index contributed by atoms with van der Waals surface area (Å²) in [5, 5.41) is 10.6. The quantitative estimate of drug-likeness (QED) is 0.272. The minimum absolute atomic E-state index is 0.00697. The number of hydrogen-bond acceptors (Lipinski definition) is 8. The Balaban J connectivity index is 3.87. The molecule has 1 amide bonds. The second kappa shape index (κ2) is 11.1. The van der Waals surface area contributed by atoms with E-state index in [-0.39, 0.29) is 13.0 Å². The number of hydrogen-bond donors (Lipinski definition) is 2. The largest absolute Gasteiger partial charge is 0.511 e. The molecule has 0 saturated carbocycles. The van der Waals surface area contributed by atoms with Crippen LogP contribution in [0.4, 0.5) is 9.59 Å². The van der Waals surface area contributed by atoms with Gasteiger partial charge in [0.05, 0.1) is 6.61 Å². The number of nitrogens with one attached hydrogen (secondary N) is 1. The zero-order valence-electron chi connectivity index (χ0n) is 14.8. The van der Waals surface area contributed by atoms with E-state index < -0.39 is 42.6 Å². The lowest BCUT2D eigenvalue weighted by molar-refractivity contribution is -0.166. The minimum Gasteiger partial charge on any atom is -0.481 e. The fraction of sp³-hybridized carbons (Fsp3) is 0.733. The number of amides is 1. The molecular weight excluding hydrogens is 338 g/mol. The highest BCUT2D eigenvalue weighted by Gasteiger charge is 2.19. The number of ether oxygens (including phenoxy) is 4. The highest BCUT2D eigenvalue weighted by molar-refractivity contribution is 5.78. The van der Waals surface area contributed by atoms with Gasteiger partial charge < -0.3 is 29.4 Å². The summed E-state index contributed by atoms with van der Waals surface area (Å²) in [6.07, 6.45) is -2.32. The van der Waals surface area contributed by atoms with Crippen molar-refractivity contribution in [2.75, 3.05) is 13.2 Å². The molecule has 0 fully saturated rings. The number of carbonyl (C=O) groups is 4. The summed E-state index contributed by atoms with van der Waals surface area (Å²) in [5.41, 5.74) is -0.696. The smallest absolute Gasteiger partial charge is 0.481 e. The zero-order chi connectivity index (χ0) is 19.5. The lowest BCUT2D eigenvalue weighted by Gasteiger charge is -2.19. The van der Waals surface area contributed by atoms with Crippen LogP contribution in [0.1, 0.15) is 47.0 Å². The van der Waals surface area contributed by atoms with E-state index in [0.29, 0.717) is 12.8 Å². The SMILES string of the molecule is CC(OC(=O)CNC(=O)OC(C)(C)C)OC(=O)OCCCCC(=O)O. The lowest BCUT2D eigenvalue weighted by atomic mass is 10.2. The second-order valence-electron chi connectivity index (χ2n) is 5.98. The summed E-state index contributed by atoms with van der Waals surface area (Å²) < 4.78 is 19.1. The van der Waals surface area contributed by atoms with Gasteiger partial charge in [0.15, 0.2) is 0 Å². The first-order chi connectivity index (χ1) is 11.5. The predicted octanol–water partition coefficient (Wildman–Crippen LogP) is 1.81. The average molecular weight is 363 g/mol. The molecule has 1 unspecified atom stereocenters. The van der Waals surface area contributed by atoms with E-state index >= 15 is 0 Å². The molecule has 0 aliphatic rings. The monoisotopic (exact) mass is 363 g/mol. The van der Waals surface area contributed by atoms with Crippen LogP contribution in [0.5, 0.6) is 0 Å². The number of rotatable bonds is 9. The molecule has 0 heterocycles. The van der Waals surface area contributed by atoms with E-state index in [0.717, 1.165) is 0 Å².